The van der Waals surface area contributed by atoms with E-state index in [9.17, 15) is 14.7 Å². The summed E-state index contributed by atoms with van der Waals surface area (Å²) < 4.78 is 0. The lowest BCUT2D eigenvalue weighted by Gasteiger charge is -2.32. The summed E-state index contributed by atoms with van der Waals surface area (Å²) in [5.74, 6) is -0.849. The van der Waals surface area contributed by atoms with Crippen molar-refractivity contribution in [2.45, 2.75) is 39.2 Å². The lowest BCUT2D eigenvalue weighted by molar-refractivity contribution is -0.121. The zero-order valence-corrected chi connectivity index (χ0v) is 12.6. The maximum absolute atomic E-state index is 11.8. The number of nitrogens with zero attached hydrogens (tertiary/aromatic N) is 1. The second-order valence-electron chi connectivity index (χ2n) is 5.67. The van der Waals surface area contributed by atoms with Gasteiger partial charge in [-0.25, -0.2) is 4.79 Å². The first kappa shape index (κ1) is 15.4. The zero-order chi connectivity index (χ0) is 15.4. The Morgan fingerprint density at radius 3 is 2.81 bits per heavy atom. The minimum absolute atomic E-state index is 0.0338. The molecule has 0 saturated heterocycles. The van der Waals surface area contributed by atoms with Crippen LogP contribution in [0.3, 0.4) is 0 Å². The van der Waals surface area contributed by atoms with Gasteiger partial charge in [0.2, 0.25) is 5.91 Å². The Labute approximate surface area is 125 Å². The van der Waals surface area contributed by atoms with Crippen molar-refractivity contribution >= 4 is 17.6 Å². The summed E-state index contributed by atoms with van der Waals surface area (Å²) in [5, 5.41) is 12.1. The van der Waals surface area contributed by atoms with E-state index < -0.39 is 5.97 Å². The summed E-state index contributed by atoms with van der Waals surface area (Å²) in [7, 11) is 0. The van der Waals surface area contributed by atoms with Gasteiger partial charge in [0.05, 0.1) is 5.56 Å². The van der Waals surface area contributed by atoms with Crippen molar-refractivity contribution in [2.75, 3.05) is 18.0 Å². The minimum atomic E-state index is -0.883. The van der Waals surface area contributed by atoms with Crippen molar-refractivity contribution in [1.82, 2.24) is 5.32 Å². The van der Waals surface area contributed by atoms with E-state index in [4.69, 9.17) is 0 Å². The van der Waals surface area contributed by atoms with E-state index in [1.54, 1.807) is 12.1 Å². The van der Waals surface area contributed by atoms with Gasteiger partial charge in [-0.1, -0.05) is 6.07 Å². The molecule has 0 fully saturated rings. The summed E-state index contributed by atoms with van der Waals surface area (Å²) in [6.45, 7) is 5.36. The molecule has 21 heavy (non-hydrogen) atoms. The molecule has 1 aliphatic rings. The fourth-order valence-electron chi connectivity index (χ4n) is 2.76. The molecule has 2 rings (SSSR count). The van der Waals surface area contributed by atoms with Gasteiger partial charge in [-0.15, -0.1) is 0 Å². The lowest BCUT2D eigenvalue weighted by atomic mass is 9.96. The normalized spacial score (nSPS) is 14.0. The number of carboxylic acid groups (broad SMARTS) is 1. The number of benzene rings is 1. The molecule has 5 nitrogen and oxygen atoms in total. The molecule has 1 aliphatic heterocycles. The number of rotatable bonds is 5. The second kappa shape index (κ2) is 6.61. The quantitative estimate of drug-likeness (QED) is 0.871. The van der Waals surface area contributed by atoms with Crippen LogP contribution >= 0.6 is 0 Å². The molecule has 1 heterocycles. The maximum atomic E-state index is 11.8. The van der Waals surface area contributed by atoms with E-state index >= 15 is 0 Å². The number of carbonyl (C=O) groups excluding carboxylic acids is 1. The Morgan fingerprint density at radius 1 is 1.38 bits per heavy atom. The van der Waals surface area contributed by atoms with Gasteiger partial charge in [-0.05, 0) is 44.4 Å². The molecular weight excluding hydrogens is 268 g/mol. The molecule has 0 aliphatic carbocycles. The third-order valence-corrected chi connectivity index (χ3v) is 3.64. The fourth-order valence-corrected chi connectivity index (χ4v) is 2.76. The highest BCUT2D eigenvalue weighted by Gasteiger charge is 2.22. The monoisotopic (exact) mass is 290 g/mol. The summed E-state index contributed by atoms with van der Waals surface area (Å²) in [5.41, 5.74) is 2.22. The largest absolute Gasteiger partial charge is 0.478 e. The number of hydrogen-bond acceptors (Lipinski definition) is 3. The Balaban J connectivity index is 2.10. The average molecular weight is 290 g/mol. The van der Waals surface area contributed by atoms with Gasteiger partial charge >= 0.3 is 5.97 Å². The molecule has 0 spiro atoms. The van der Waals surface area contributed by atoms with Crippen LogP contribution in [0.4, 0.5) is 5.69 Å². The van der Waals surface area contributed by atoms with E-state index in [-0.39, 0.29) is 11.9 Å². The molecule has 0 aromatic heterocycles. The molecule has 0 saturated carbocycles. The lowest BCUT2D eigenvalue weighted by Crippen LogP contribution is -2.36. The standard InChI is InChI=1S/C16H22N2O3/c1-11(2)17-15(19)8-10-18-9-4-6-12-13(16(20)21)5-3-7-14(12)18/h3,5,7,11H,4,6,8-10H2,1-2H3,(H,17,19)(H,20,21). The van der Waals surface area contributed by atoms with Crippen LogP contribution in [0, 0.1) is 0 Å². The molecular formula is C16H22N2O3. The van der Waals surface area contributed by atoms with Crippen molar-refractivity contribution in [2.24, 2.45) is 0 Å². The first-order valence-electron chi connectivity index (χ1n) is 7.38. The van der Waals surface area contributed by atoms with Crippen LogP contribution in [0.2, 0.25) is 0 Å². The molecule has 114 valence electrons. The molecule has 5 heteroatoms. The molecule has 0 atom stereocenters. The number of aromatic carboxylic acids is 1. The summed E-state index contributed by atoms with van der Waals surface area (Å²) in [4.78, 5) is 25.2. The Kier molecular flexibility index (Phi) is 4.83. The molecule has 0 unspecified atom stereocenters. The van der Waals surface area contributed by atoms with Crippen molar-refractivity contribution in [3.8, 4) is 0 Å². The van der Waals surface area contributed by atoms with Crippen LogP contribution in [0.25, 0.3) is 0 Å². The van der Waals surface area contributed by atoms with Gasteiger partial charge in [0.15, 0.2) is 0 Å². The van der Waals surface area contributed by atoms with Crippen LogP contribution in [0.5, 0.6) is 0 Å². The van der Waals surface area contributed by atoms with Gasteiger partial charge in [0, 0.05) is 31.2 Å². The number of hydrogen-bond donors (Lipinski definition) is 2. The fraction of sp³-hybridized carbons (Fsp3) is 0.500. The van der Waals surface area contributed by atoms with E-state index in [1.165, 1.54) is 0 Å². The number of nitrogens with one attached hydrogen (secondary N) is 1. The van der Waals surface area contributed by atoms with Gasteiger partial charge in [-0.2, -0.15) is 0 Å². The van der Waals surface area contributed by atoms with Crippen molar-refractivity contribution in [3.05, 3.63) is 29.3 Å². The highest BCUT2D eigenvalue weighted by atomic mass is 16.4. The predicted octanol–water partition coefficient (Wildman–Crippen LogP) is 2.05. The molecule has 1 aromatic carbocycles. The number of carbonyl (C=O) groups is 2. The topological polar surface area (TPSA) is 69.6 Å². The summed E-state index contributed by atoms with van der Waals surface area (Å²) >= 11 is 0. The average Bonchev–Trinajstić information content (AvgIpc) is 2.43. The van der Waals surface area contributed by atoms with E-state index in [2.05, 4.69) is 10.2 Å². The molecule has 0 bridgehead atoms. The van der Waals surface area contributed by atoms with Gasteiger partial charge < -0.3 is 15.3 Å². The van der Waals surface area contributed by atoms with Crippen molar-refractivity contribution < 1.29 is 14.7 Å². The van der Waals surface area contributed by atoms with E-state index in [0.717, 1.165) is 30.6 Å². The zero-order valence-electron chi connectivity index (χ0n) is 12.6. The van der Waals surface area contributed by atoms with Crippen LogP contribution < -0.4 is 10.2 Å². The number of anilines is 1. The Morgan fingerprint density at radius 2 is 2.14 bits per heavy atom. The SMILES string of the molecule is CC(C)NC(=O)CCN1CCCc2c(C(=O)O)cccc21. The second-order valence-corrected chi connectivity index (χ2v) is 5.67. The third kappa shape index (κ3) is 3.74. The maximum Gasteiger partial charge on any atom is 0.336 e. The predicted molar refractivity (Wildman–Crippen MR) is 81.8 cm³/mol. The van der Waals surface area contributed by atoms with Gasteiger partial charge in [0.1, 0.15) is 0 Å². The summed E-state index contributed by atoms with van der Waals surface area (Å²) in [6, 6.07) is 5.51. The van der Waals surface area contributed by atoms with Crippen molar-refractivity contribution in [1.29, 1.82) is 0 Å². The number of amides is 1. The molecule has 2 N–H and O–H groups in total. The molecule has 1 aromatic rings. The van der Waals surface area contributed by atoms with Gasteiger partial charge in [-0.3, -0.25) is 4.79 Å². The summed E-state index contributed by atoms with van der Waals surface area (Å²) in [6.07, 6.45) is 2.13. The smallest absolute Gasteiger partial charge is 0.336 e. The van der Waals surface area contributed by atoms with Crippen molar-refractivity contribution in [3.63, 3.8) is 0 Å². The third-order valence-electron chi connectivity index (χ3n) is 3.64. The highest BCUT2D eigenvalue weighted by Crippen LogP contribution is 2.29. The Bertz CT molecular complexity index is 540. The first-order valence-corrected chi connectivity index (χ1v) is 7.38. The minimum Gasteiger partial charge on any atom is -0.478 e. The van der Waals surface area contributed by atoms with E-state index in [1.807, 2.05) is 19.9 Å². The van der Waals surface area contributed by atoms with Crippen LogP contribution in [-0.4, -0.2) is 36.1 Å². The van der Waals surface area contributed by atoms with Gasteiger partial charge in [0.25, 0.3) is 0 Å². The highest BCUT2D eigenvalue weighted by molar-refractivity contribution is 5.91. The van der Waals surface area contributed by atoms with Crippen LogP contribution in [-0.2, 0) is 11.2 Å². The number of fused-ring (bicyclic) bond motifs is 1. The van der Waals surface area contributed by atoms with Crippen LogP contribution in [0.1, 0.15) is 42.6 Å². The molecule has 1 amide bonds. The Hall–Kier alpha value is -2.04. The first-order chi connectivity index (χ1) is 9.99. The van der Waals surface area contributed by atoms with E-state index in [0.29, 0.717) is 18.5 Å². The number of carboxylic acids is 1. The molecule has 0 radical (unpaired) electrons. The van der Waals surface area contributed by atoms with Crippen LogP contribution in [0.15, 0.2) is 18.2 Å².